The van der Waals surface area contributed by atoms with E-state index >= 15 is 0 Å². The van der Waals surface area contributed by atoms with Gasteiger partial charge in [0.05, 0.1) is 12.1 Å². The van der Waals surface area contributed by atoms with Crippen LogP contribution in [0.5, 0.6) is 0 Å². The largest absolute Gasteiger partial charge is 0.377 e. The zero-order valence-corrected chi connectivity index (χ0v) is 6.59. The van der Waals surface area contributed by atoms with E-state index in [9.17, 15) is 0 Å². The van der Waals surface area contributed by atoms with Crippen LogP contribution < -0.4 is 5.32 Å². The van der Waals surface area contributed by atoms with Gasteiger partial charge in [0, 0.05) is 11.8 Å². The molecule has 0 aromatic heterocycles. The van der Waals surface area contributed by atoms with Gasteiger partial charge in [0.25, 0.3) is 0 Å². The van der Waals surface area contributed by atoms with Crippen molar-refractivity contribution >= 4 is 0 Å². The summed E-state index contributed by atoms with van der Waals surface area (Å²) < 4.78 is 0. The highest BCUT2D eigenvalue weighted by atomic mass is 14.8. The lowest BCUT2D eigenvalue weighted by molar-refractivity contribution is 0.898. The molecule has 0 rings (SSSR count). The molecule has 3 heteroatoms. The molecule has 3 nitrogen and oxygen atoms in total. The summed E-state index contributed by atoms with van der Waals surface area (Å²) in [4.78, 5) is 0. The third-order valence-electron chi connectivity index (χ3n) is 1.12. The van der Waals surface area contributed by atoms with Gasteiger partial charge in [-0.2, -0.15) is 10.5 Å². The molecule has 0 spiro atoms. The number of nitrogens with one attached hydrogen (secondary N) is 1. The Morgan fingerprint density at radius 2 is 2.27 bits per heavy atom. The highest BCUT2D eigenvalue weighted by Crippen LogP contribution is 2.00. The summed E-state index contributed by atoms with van der Waals surface area (Å²) in [6.45, 7) is 2.27. The smallest absolute Gasteiger partial charge is 0.102 e. The van der Waals surface area contributed by atoms with E-state index in [0.29, 0.717) is 5.57 Å². The summed E-state index contributed by atoms with van der Waals surface area (Å²) >= 11 is 0. The van der Waals surface area contributed by atoms with Crippen molar-refractivity contribution in [2.24, 2.45) is 0 Å². The van der Waals surface area contributed by atoms with Crippen molar-refractivity contribution in [3.05, 3.63) is 11.8 Å². The van der Waals surface area contributed by atoms with Crippen LogP contribution in [0, 0.1) is 22.7 Å². The van der Waals surface area contributed by atoms with Crippen LogP contribution in [-0.4, -0.2) is 6.54 Å². The van der Waals surface area contributed by atoms with Crippen LogP contribution in [-0.2, 0) is 0 Å². The predicted octanol–water partition coefficient (Wildman–Crippen LogP) is 1.31. The highest BCUT2D eigenvalue weighted by molar-refractivity contribution is 5.19. The maximum Gasteiger partial charge on any atom is 0.102 e. The van der Waals surface area contributed by atoms with E-state index in [-0.39, 0.29) is 6.54 Å². The predicted molar refractivity (Wildman–Crippen MR) is 42.2 cm³/mol. The summed E-state index contributed by atoms with van der Waals surface area (Å²) in [6.07, 6.45) is 3.33. The molecular weight excluding hydrogens is 138 g/mol. The molecule has 0 radical (unpaired) electrons. The van der Waals surface area contributed by atoms with E-state index in [1.54, 1.807) is 6.20 Å². The fraction of sp³-hybridized carbons (Fsp3) is 0.500. The zero-order valence-electron chi connectivity index (χ0n) is 6.59. The van der Waals surface area contributed by atoms with Crippen molar-refractivity contribution in [3.63, 3.8) is 0 Å². The Morgan fingerprint density at radius 3 is 2.73 bits per heavy atom. The number of nitrogens with zero attached hydrogens (tertiary/aromatic N) is 2. The molecule has 0 atom stereocenters. The van der Waals surface area contributed by atoms with Crippen LogP contribution in [0.4, 0.5) is 0 Å². The van der Waals surface area contributed by atoms with Crippen LogP contribution >= 0.6 is 0 Å². The van der Waals surface area contributed by atoms with Gasteiger partial charge < -0.3 is 5.32 Å². The number of allylic oxidation sites excluding steroid dienone is 1. The highest BCUT2D eigenvalue weighted by Gasteiger charge is 1.90. The van der Waals surface area contributed by atoms with E-state index in [1.165, 1.54) is 0 Å². The van der Waals surface area contributed by atoms with Gasteiger partial charge in [-0.25, -0.2) is 0 Å². The third-order valence-corrected chi connectivity index (χ3v) is 1.12. The minimum atomic E-state index is 0.259. The Morgan fingerprint density at radius 1 is 1.55 bits per heavy atom. The molecule has 0 aromatic rings. The number of rotatable bonds is 4. The first-order chi connectivity index (χ1) is 5.35. The monoisotopic (exact) mass is 149 g/mol. The molecule has 0 unspecified atom stereocenters. The molecule has 1 N–H and O–H groups in total. The Bertz CT molecular complexity index is 204. The van der Waals surface area contributed by atoms with Gasteiger partial charge in [-0.3, -0.25) is 0 Å². The minimum absolute atomic E-state index is 0.259. The van der Waals surface area contributed by atoms with Crippen molar-refractivity contribution < 1.29 is 0 Å². The number of hydrogen-bond acceptors (Lipinski definition) is 3. The van der Waals surface area contributed by atoms with Crippen LogP contribution in [0.15, 0.2) is 11.8 Å². The van der Waals surface area contributed by atoms with E-state index < -0.39 is 0 Å². The van der Waals surface area contributed by atoms with Crippen molar-refractivity contribution in [2.45, 2.75) is 19.8 Å². The normalized spacial score (nSPS) is 9.91. The number of hydrogen-bond donors (Lipinski definition) is 1. The molecule has 58 valence electrons. The molecule has 0 aliphatic rings. The van der Waals surface area contributed by atoms with Gasteiger partial charge in [-0.15, -0.1) is 0 Å². The van der Waals surface area contributed by atoms with E-state index in [4.69, 9.17) is 10.5 Å². The van der Waals surface area contributed by atoms with Gasteiger partial charge in [0.2, 0.25) is 0 Å². The third kappa shape index (κ3) is 4.99. The van der Waals surface area contributed by atoms with Gasteiger partial charge in [0.1, 0.15) is 6.54 Å². The van der Waals surface area contributed by atoms with Gasteiger partial charge in [-0.1, -0.05) is 13.3 Å². The fourth-order valence-electron chi connectivity index (χ4n) is 0.650. The lowest BCUT2D eigenvalue weighted by Crippen LogP contribution is -2.05. The average Bonchev–Trinajstić information content (AvgIpc) is 2.03. The van der Waals surface area contributed by atoms with Crippen LogP contribution in [0.2, 0.25) is 0 Å². The van der Waals surface area contributed by atoms with Crippen molar-refractivity contribution in [1.82, 2.24) is 5.32 Å². The SMILES string of the molecule is CCC/C(C#N)=C/NCC#N. The first-order valence-corrected chi connectivity index (χ1v) is 3.54. The second-order valence-corrected chi connectivity index (χ2v) is 2.07. The summed E-state index contributed by atoms with van der Waals surface area (Å²) in [5, 5.41) is 19.4. The Hall–Kier alpha value is -1.48. The molecule has 11 heavy (non-hydrogen) atoms. The summed E-state index contributed by atoms with van der Waals surface area (Å²) in [6, 6.07) is 3.98. The lowest BCUT2D eigenvalue weighted by atomic mass is 10.2. The maximum atomic E-state index is 8.52. The zero-order chi connectivity index (χ0) is 8.53. The van der Waals surface area contributed by atoms with Crippen molar-refractivity contribution in [2.75, 3.05) is 6.54 Å². The second kappa shape index (κ2) is 6.64. The van der Waals surface area contributed by atoms with Gasteiger partial charge in [-0.05, 0) is 6.42 Å². The first-order valence-electron chi connectivity index (χ1n) is 3.54. The molecule has 0 aliphatic carbocycles. The molecule has 0 aromatic carbocycles. The van der Waals surface area contributed by atoms with Gasteiger partial charge in [0.15, 0.2) is 0 Å². The Balaban J connectivity index is 3.75. The van der Waals surface area contributed by atoms with E-state index in [2.05, 4.69) is 11.4 Å². The second-order valence-electron chi connectivity index (χ2n) is 2.07. The topological polar surface area (TPSA) is 59.6 Å². The fourth-order valence-corrected chi connectivity index (χ4v) is 0.650. The van der Waals surface area contributed by atoms with E-state index in [1.807, 2.05) is 13.0 Å². The Kier molecular flexibility index (Phi) is 5.74. The minimum Gasteiger partial charge on any atom is -0.377 e. The number of nitriles is 2. The summed E-state index contributed by atoms with van der Waals surface area (Å²) in [5.74, 6) is 0. The van der Waals surface area contributed by atoms with Crippen molar-refractivity contribution in [1.29, 1.82) is 10.5 Å². The quantitative estimate of drug-likeness (QED) is 0.372. The molecule has 0 heterocycles. The molecule has 0 saturated carbocycles. The first kappa shape index (κ1) is 9.52. The standard InChI is InChI=1S/C8H11N3/c1-2-3-8(6-10)7-11-5-4-9/h7,11H,2-3,5H2,1H3/b8-7-. The summed E-state index contributed by atoms with van der Waals surface area (Å²) in [7, 11) is 0. The maximum absolute atomic E-state index is 8.52. The molecular formula is C8H11N3. The van der Waals surface area contributed by atoms with Crippen LogP contribution in [0.25, 0.3) is 0 Å². The van der Waals surface area contributed by atoms with Gasteiger partial charge >= 0.3 is 0 Å². The molecule has 0 saturated heterocycles. The van der Waals surface area contributed by atoms with Crippen molar-refractivity contribution in [3.8, 4) is 12.1 Å². The van der Waals surface area contributed by atoms with Crippen LogP contribution in [0.3, 0.4) is 0 Å². The Labute approximate surface area is 66.9 Å². The molecule has 0 amide bonds. The lowest BCUT2D eigenvalue weighted by Gasteiger charge is -1.94. The molecule has 0 fully saturated rings. The van der Waals surface area contributed by atoms with Crippen LogP contribution in [0.1, 0.15) is 19.8 Å². The molecule has 0 aliphatic heterocycles. The van der Waals surface area contributed by atoms with E-state index in [0.717, 1.165) is 12.8 Å². The summed E-state index contributed by atoms with van der Waals surface area (Å²) in [5.41, 5.74) is 0.697. The average molecular weight is 149 g/mol. The molecule has 0 bridgehead atoms.